The lowest BCUT2D eigenvalue weighted by Gasteiger charge is -2.21. The molecule has 0 aliphatic carbocycles. The maximum Gasteiger partial charge on any atom is 0.481 e. The molecule has 19 nitrogen and oxygen atoms in total. The summed E-state index contributed by atoms with van der Waals surface area (Å²) >= 11 is 0. The first-order chi connectivity index (χ1) is 33.4. The smallest absolute Gasteiger partial charge is 0.462 e. The summed E-state index contributed by atoms with van der Waals surface area (Å²) in [5.41, 5.74) is 4.58. The molecule has 0 saturated carbocycles. The van der Waals surface area contributed by atoms with E-state index in [2.05, 4.69) is 30.1 Å². The van der Waals surface area contributed by atoms with Gasteiger partial charge in [0.15, 0.2) is 12.3 Å². The maximum absolute atomic E-state index is 12.8. The van der Waals surface area contributed by atoms with Crippen LogP contribution in [0.1, 0.15) is 168 Å². The zero-order valence-electron chi connectivity index (χ0n) is 41.6. The highest BCUT2D eigenvalue weighted by molar-refractivity contribution is 7.61. The number of carbonyl (C=O) groups is 2. The second-order valence-corrected chi connectivity index (χ2v) is 21.0. The number of ether oxygens (including phenoxy) is 3. The van der Waals surface area contributed by atoms with Gasteiger partial charge in [0.25, 0.3) is 0 Å². The van der Waals surface area contributed by atoms with E-state index >= 15 is 0 Å². The van der Waals surface area contributed by atoms with Crippen LogP contribution >= 0.6 is 15.6 Å². The Morgan fingerprint density at radius 2 is 1.39 bits per heavy atom. The van der Waals surface area contributed by atoms with Crippen molar-refractivity contribution >= 4 is 33.4 Å². The molecule has 1 saturated heterocycles. The lowest BCUT2D eigenvalue weighted by Crippen LogP contribution is -2.36. The van der Waals surface area contributed by atoms with E-state index < -0.39 is 89.8 Å². The van der Waals surface area contributed by atoms with Gasteiger partial charge in [0, 0.05) is 19.0 Å². The second kappa shape index (κ2) is 36.6. The molecule has 70 heavy (non-hydrogen) atoms. The van der Waals surface area contributed by atoms with Crippen LogP contribution in [0.15, 0.2) is 65.7 Å². The molecule has 400 valence electrons. The Kier molecular flexibility index (Phi) is 32.8. The van der Waals surface area contributed by atoms with Crippen LogP contribution in [0.25, 0.3) is 0 Å². The molecular formula is C49H83N3O16P2. The molecule has 7 N–H and O–H groups in total. The Hall–Kier alpha value is -3.32. The van der Waals surface area contributed by atoms with E-state index in [4.69, 9.17) is 29.0 Å². The lowest BCUT2D eigenvalue weighted by atomic mass is 10.0. The van der Waals surface area contributed by atoms with Gasteiger partial charge in [0.2, 0.25) is 0 Å². The minimum Gasteiger partial charge on any atom is -0.462 e. The van der Waals surface area contributed by atoms with Crippen LogP contribution in [0.4, 0.5) is 5.82 Å². The summed E-state index contributed by atoms with van der Waals surface area (Å²) in [7, 11) is -10.9. The predicted octanol–water partition coefficient (Wildman–Crippen LogP) is 8.99. The van der Waals surface area contributed by atoms with Gasteiger partial charge in [-0.2, -0.15) is 9.29 Å². The van der Waals surface area contributed by atoms with Crippen molar-refractivity contribution in [3.05, 3.63) is 71.4 Å². The van der Waals surface area contributed by atoms with Crippen LogP contribution in [0.3, 0.4) is 0 Å². The van der Waals surface area contributed by atoms with Gasteiger partial charge >= 0.3 is 33.3 Å². The molecule has 0 spiro atoms. The van der Waals surface area contributed by atoms with Gasteiger partial charge in [-0.05, 0) is 50.5 Å². The van der Waals surface area contributed by atoms with Crippen LogP contribution in [-0.4, -0.2) is 96.9 Å². The molecule has 21 heteroatoms. The Morgan fingerprint density at radius 1 is 0.786 bits per heavy atom. The zero-order valence-corrected chi connectivity index (χ0v) is 43.4. The van der Waals surface area contributed by atoms with Gasteiger partial charge in [-0.1, -0.05) is 159 Å². The Balaban J connectivity index is 1.84. The first kappa shape index (κ1) is 62.8. The number of hydrogen-bond donors (Lipinski definition) is 6. The minimum absolute atomic E-state index is 0.0460. The number of aliphatic hydroxyl groups excluding tert-OH is 3. The van der Waals surface area contributed by atoms with Crippen molar-refractivity contribution in [2.45, 2.75) is 199 Å². The molecule has 0 aromatic carbocycles. The number of aliphatic hydroxyl groups is 3. The highest BCUT2D eigenvalue weighted by Gasteiger charge is 2.46. The van der Waals surface area contributed by atoms with Crippen LogP contribution in [0, 0.1) is 5.92 Å². The van der Waals surface area contributed by atoms with E-state index in [0.717, 1.165) is 74.5 Å². The van der Waals surface area contributed by atoms with Crippen molar-refractivity contribution in [1.82, 2.24) is 9.55 Å². The van der Waals surface area contributed by atoms with E-state index in [1.165, 1.54) is 51.0 Å². The van der Waals surface area contributed by atoms with E-state index in [-0.39, 0.29) is 18.7 Å². The molecular weight excluding hydrogens is 948 g/mol. The molecule has 1 aliphatic rings. The van der Waals surface area contributed by atoms with Gasteiger partial charge < -0.3 is 45.1 Å². The highest BCUT2D eigenvalue weighted by Crippen LogP contribution is 2.60. The van der Waals surface area contributed by atoms with E-state index in [1.54, 1.807) is 6.08 Å². The largest absolute Gasteiger partial charge is 0.481 e. The zero-order chi connectivity index (χ0) is 51.6. The number of phosphoric acid groups is 2. The number of allylic oxidation sites excluding steroid dienone is 7. The van der Waals surface area contributed by atoms with Crippen molar-refractivity contribution in [2.75, 3.05) is 25.6 Å². The van der Waals surface area contributed by atoms with E-state index in [1.807, 2.05) is 42.5 Å². The summed E-state index contributed by atoms with van der Waals surface area (Å²) in [4.78, 5) is 61.8. The fourth-order valence-corrected chi connectivity index (χ4v) is 9.36. The number of carbonyl (C=O) groups excluding carboxylic acids is 2. The lowest BCUT2D eigenvalue weighted by molar-refractivity contribution is -0.161. The molecule has 1 aromatic heterocycles. The molecule has 2 rings (SSSR count). The Morgan fingerprint density at radius 3 is 2.04 bits per heavy atom. The van der Waals surface area contributed by atoms with Gasteiger partial charge in [0.1, 0.15) is 30.7 Å². The Labute approximate surface area is 414 Å². The summed E-state index contributed by atoms with van der Waals surface area (Å²) in [5, 5.41) is 30.8. The number of anilines is 1. The number of esters is 2. The number of unbranched alkanes of at least 4 members (excludes halogenated alkanes) is 13. The fourth-order valence-electron chi connectivity index (χ4n) is 7.25. The van der Waals surface area contributed by atoms with Crippen molar-refractivity contribution in [2.24, 2.45) is 5.92 Å². The Bertz CT molecular complexity index is 1890. The molecule has 1 aromatic rings. The number of phosphoric ester groups is 2. The normalized spacial score (nSPS) is 20.2. The predicted molar refractivity (Wildman–Crippen MR) is 267 cm³/mol. The monoisotopic (exact) mass is 1030 g/mol. The molecule has 1 aliphatic heterocycles. The average Bonchev–Trinajstić information content (AvgIpc) is 3.58. The number of aromatic nitrogens is 2. The fraction of sp³-hybridized carbons (Fsp3) is 0.714. The maximum atomic E-state index is 12.8. The standard InChI is InChI=1S/C49H83N3O16P2/c1-4-5-24-30-40(53)31-26-21-17-13-9-7-11-15-19-23-28-33-45(55)66-41(36-63-44(54)32-27-22-18-14-10-6-8-12-16-20-25-29-39(2)3)37-64-69(59,60)68-70(61,62)65-38-42-46(56)47(57)48(67-42)52-35-34-43(50)51-49(52)58/h7,9,15,17,19,21,26,31,34-35,39-42,46-48,53,56-57H,4-6,8,10-14,16,18,20,22-25,27-30,32-33,36-38H2,1-3H3,(H,59,60)(H,61,62)(H2,50,51,58)/b9-7-,19-15-,21-17-,31-26+/t40-,41+,42+,46+,47+,48+/m0/s1. The molecule has 1 fully saturated rings. The summed E-state index contributed by atoms with van der Waals surface area (Å²) in [6.45, 7) is 4.26. The number of rotatable bonds is 40. The van der Waals surface area contributed by atoms with Gasteiger partial charge in [-0.25, -0.2) is 13.9 Å². The first-order valence-electron chi connectivity index (χ1n) is 25.1. The third-order valence-electron chi connectivity index (χ3n) is 11.2. The molecule has 0 radical (unpaired) electrons. The number of nitrogen functional groups attached to an aromatic ring is 1. The molecule has 2 unspecified atom stereocenters. The van der Waals surface area contributed by atoms with Crippen molar-refractivity contribution in [1.29, 1.82) is 0 Å². The van der Waals surface area contributed by atoms with Crippen molar-refractivity contribution in [3.8, 4) is 0 Å². The summed E-state index contributed by atoms with van der Waals surface area (Å²) in [6.07, 6.45) is 28.2. The summed E-state index contributed by atoms with van der Waals surface area (Å²) in [6, 6.07) is 1.24. The van der Waals surface area contributed by atoms with Crippen LogP contribution in [0.5, 0.6) is 0 Å². The van der Waals surface area contributed by atoms with Crippen LogP contribution < -0.4 is 11.4 Å². The summed E-state index contributed by atoms with van der Waals surface area (Å²) in [5.74, 6) is -0.633. The number of nitrogens with two attached hydrogens (primary N) is 1. The first-order valence-corrected chi connectivity index (χ1v) is 28.1. The summed E-state index contributed by atoms with van der Waals surface area (Å²) < 4.78 is 56.6. The number of hydrogen-bond acceptors (Lipinski definition) is 16. The van der Waals surface area contributed by atoms with Crippen molar-refractivity contribution in [3.63, 3.8) is 0 Å². The molecule has 0 amide bonds. The van der Waals surface area contributed by atoms with E-state index in [0.29, 0.717) is 25.7 Å². The van der Waals surface area contributed by atoms with Crippen LogP contribution in [-0.2, 0) is 46.3 Å². The number of nitrogens with zero attached hydrogens (tertiary/aromatic N) is 2. The highest BCUT2D eigenvalue weighted by atomic mass is 31.3. The van der Waals surface area contributed by atoms with Gasteiger partial charge in [0.05, 0.1) is 19.3 Å². The molecule has 2 heterocycles. The van der Waals surface area contributed by atoms with E-state index in [9.17, 15) is 48.6 Å². The molecule has 0 bridgehead atoms. The topological polar surface area (TPSA) is 286 Å². The van der Waals surface area contributed by atoms with Crippen molar-refractivity contribution < 1.29 is 71.4 Å². The SMILES string of the molecule is CCCCC[C@H](O)/C=C/C=C\C/C=C\C/C=C\CCCC(=O)O[C@H](COC(=O)CCCCCCCCCCCCCC(C)C)COP(=O)(O)OP(=O)(O)OC[C@H]1O[C@@H](n2ccc(N)nc2=O)[C@H](O)[C@@H]1O. The minimum atomic E-state index is -5.44. The quantitative estimate of drug-likeness (QED) is 0.0117. The van der Waals surface area contributed by atoms with Gasteiger partial charge in [-0.3, -0.25) is 23.2 Å². The average molecular weight is 1030 g/mol. The van der Waals surface area contributed by atoms with Gasteiger partial charge in [-0.15, -0.1) is 0 Å². The molecule has 8 atom stereocenters. The van der Waals surface area contributed by atoms with Crippen LogP contribution in [0.2, 0.25) is 0 Å². The third kappa shape index (κ3) is 29.9. The second-order valence-electron chi connectivity index (χ2n) is 18.0. The third-order valence-corrected chi connectivity index (χ3v) is 13.8.